The lowest BCUT2D eigenvalue weighted by Gasteiger charge is -2.14. The number of anilines is 1. The summed E-state index contributed by atoms with van der Waals surface area (Å²) in [5.74, 6) is 0.115. The third-order valence-corrected chi connectivity index (χ3v) is 5.69. The first-order valence-electron chi connectivity index (χ1n) is 10.5. The quantitative estimate of drug-likeness (QED) is 0.160. The molecule has 0 amide bonds. The van der Waals surface area contributed by atoms with Gasteiger partial charge in [0.15, 0.2) is 23.1 Å². The molecular formula is C28H25N2OS+. The van der Waals surface area contributed by atoms with Crippen molar-refractivity contribution in [2.24, 2.45) is 0 Å². The summed E-state index contributed by atoms with van der Waals surface area (Å²) < 4.78 is 1.84. The summed E-state index contributed by atoms with van der Waals surface area (Å²) in [4.78, 5) is 0.447. The van der Waals surface area contributed by atoms with Gasteiger partial charge in [-0.15, -0.1) is 0 Å². The Balaban J connectivity index is 1.75. The molecule has 0 radical (unpaired) electrons. The molecule has 0 bridgehead atoms. The third kappa shape index (κ3) is 4.61. The Bertz CT molecular complexity index is 1240. The van der Waals surface area contributed by atoms with E-state index in [2.05, 4.69) is 17.4 Å². The van der Waals surface area contributed by atoms with Gasteiger partial charge < -0.3 is 10.4 Å². The highest BCUT2D eigenvalue weighted by Gasteiger charge is 2.24. The first-order chi connectivity index (χ1) is 15.5. The van der Waals surface area contributed by atoms with E-state index in [-0.39, 0.29) is 5.76 Å². The van der Waals surface area contributed by atoms with Crippen LogP contribution in [0.2, 0.25) is 0 Å². The van der Waals surface area contributed by atoms with Gasteiger partial charge in [-0.3, -0.25) is 0 Å². The van der Waals surface area contributed by atoms with Crippen LogP contribution in [0.15, 0.2) is 103 Å². The summed E-state index contributed by atoms with van der Waals surface area (Å²) >= 11 is 5.79. The van der Waals surface area contributed by atoms with Crippen LogP contribution in [0.5, 0.6) is 0 Å². The zero-order valence-corrected chi connectivity index (χ0v) is 18.9. The molecule has 4 rings (SSSR count). The normalized spacial score (nSPS) is 11.6. The van der Waals surface area contributed by atoms with Gasteiger partial charge in [0.05, 0.1) is 0 Å². The van der Waals surface area contributed by atoms with Gasteiger partial charge in [-0.25, -0.2) is 0 Å². The van der Waals surface area contributed by atoms with Crippen LogP contribution in [0.4, 0.5) is 5.69 Å². The summed E-state index contributed by atoms with van der Waals surface area (Å²) in [5.41, 5.74) is 6.59. The van der Waals surface area contributed by atoms with Crippen LogP contribution in [0, 0.1) is 13.8 Å². The number of nitrogens with one attached hydrogen (secondary N) is 1. The lowest BCUT2D eigenvalue weighted by atomic mass is 10.0. The van der Waals surface area contributed by atoms with Gasteiger partial charge in [-0.2, -0.15) is 4.57 Å². The minimum Gasteiger partial charge on any atom is -0.502 e. The van der Waals surface area contributed by atoms with Crippen molar-refractivity contribution in [3.8, 4) is 11.1 Å². The number of hydrogen-bond donors (Lipinski definition) is 2. The van der Waals surface area contributed by atoms with E-state index >= 15 is 0 Å². The van der Waals surface area contributed by atoms with Crippen LogP contribution in [-0.4, -0.2) is 10.1 Å². The number of nitrogens with zero attached hydrogens (tertiary/aromatic N) is 1. The molecule has 0 saturated carbocycles. The lowest BCUT2D eigenvalue weighted by molar-refractivity contribution is -0.575. The van der Waals surface area contributed by atoms with E-state index in [9.17, 15) is 5.11 Å². The van der Waals surface area contributed by atoms with Crippen LogP contribution in [0.1, 0.15) is 16.7 Å². The molecular weight excluding hydrogens is 412 g/mol. The SMILES string of the molecule is Cc1cccc(C)c1NC(=S)C(=C(O)c1ccc(-c2ccccc2)cc1)[n+]1ccccc1. The van der Waals surface area contributed by atoms with Crippen LogP contribution < -0.4 is 9.88 Å². The summed E-state index contributed by atoms with van der Waals surface area (Å²) in [6, 6.07) is 29.9. The Morgan fingerprint density at radius 1 is 0.719 bits per heavy atom. The van der Waals surface area contributed by atoms with Gasteiger partial charge in [-0.05, 0) is 36.1 Å². The summed E-state index contributed by atoms with van der Waals surface area (Å²) in [6.07, 6.45) is 3.76. The second kappa shape index (κ2) is 9.58. The molecule has 0 aliphatic heterocycles. The Morgan fingerprint density at radius 3 is 1.91 bits per heavy atom. The molecule has 4 aromatic rings. The maximum atomic E-state index is 11.3. The van der Waals surface area contributed by atoms with Crippen molar-refractivity contribution in [3.05, 3.63) is 120 Å². The molecule has 0 unspecified atom stereocenters. The van der Waals surface area contributed by atoms with Crippen molar-refractivity contribution in [1.82, 2.24) is 0 Å². The smallest absolute Gasteiger partial charge is 0.288 e. The predicted octanol–water partition coefficient (Wildman–Crippen LogP) is 6.58. The van der Waals surface area contributed by atoms with Crippen molar-refractivity contribution in [2.75, 3.05) is 5.32 Å². The van der Waals surface area contributed by atoms with Crippen LogP contribution in [0.25, 0.3) is 22.6 Å². The average molecular weight is 438 g/mol. The fourth-order valence-corrected chi connectivity index (χ4v) is 3.97. The van der Waals surface area contributed by atoms with Crippen LogP contribution >= 0.6 is 12.2 Å². The average Bonchev–Trinajstić information content (AvgIpc) is 2.83. The van der Waals surface area contributed by atoms with Crippen LogP contribution in [-0.2, 0) is 0 Å². The number of pyridine rings is 1. The number of thiocarbonyl (C=S) groups is 1. The molecule has 0 atom stereocenters. The van der Waals surface area contributed by atoms with Gasteiger partial charge >= 0.3 is 0 Å². The number of aromatic nitrogens is 1. The zero-order chi connectivity index (χ0) is 22.5. The van der Waals surface area contributed by atoms with E-state index in [1.165, 1.54) is 0 Å². The number of aliphatic hydroxyl groups excluding tert-OH is 1. The monoisotopic (exact) mass is 437 g/mol. The molecule has 158 valence electrons. The second-order valence-corrected chi connectivity index (χ2v) is 8.05. The minimum atomic E-state index is 0.115. The van der Waals surface area contributed by atoms with Gasteiger partial charge in [-0.1, -0.05) is 91.1 Å². The topological polar surface area (TPSA) is 36.1 Å². The fraction of sp³-hybridized carbons (Fsp3) is 0.0714. The van der Waals surface area contributed by atoms with Gasteiger partial charge in [0, 0.05) is 23.4 Å². The molecule has 1 heterocycles. The molecule has 3 aromatic carbocycles. The fourth-order valence-electron chi connectivity index (χ4n) is 3.67. The number of hydrogen-bond acceptors (Lipinski definition) is 2. The van der Waals surface area contributed by atoms with E-state index in [0.29, 0.717) is 16.2 Å². The van der Waals surface area contributed by atoms with Crippen molar-refractivity contribution in [1.29, 1.82) is 0 Å². The summed E-state index contributed by atoms with van der Waals surface area (Å²) in [5, 5.41) is 14.7. The molecule has 0 fully saturated rings. The van der Waals surface area contributed by atoms with Gasteiger partial charge in [0.1, 0.15) is 0 Å². The van der Waals surface area contributed by atoms with Crippen molar-refractivity contribution in [2.45, 2.75) is 13.8 Å². The third-order valence-electron chi connectivity index (χ3n) is 5.40. The largest absolute Gasteiger partial charge is 0.502 e. The molecule has 4 heteroatoms. The van der Waals surface area contributed by atoms with E-state index in [1.54, 1.807) is 0 Å². The van der Waals surface area contributed by atoms with E-state index in [0.717, 1.165) is 27.9 Å². The summed E-state index contributed by atoms with van der Waals surface area (Å²) in [6.45, 7) is 4.08. The Labute approximate surface area is 194 Å². The highest BCUT2D eigenvalue weighted by molar-refractivity contribution is 7.81. The standard InChI is InChI=1S/C28H24N2OS/c1-20-10-9-11-21(2)25(20)29-28(32)26(30-18-7-4-8-19-30)27(31)24-16-14-23(15-17-24)22-12-5-3-6-13-22/h3-19H,1-2H3,(H-,29,31,32)/p+1. The molecule has 32 heavy (non-hydrogen) atoms. The van der Waals surface area contributed by atoms with E-state index in [1.807, 2.05) is 110 Å². The minimum absolute atomic E-state index is 0.115. The Kier molecular flexibility index (Phi) is 6.43. The number of aryl methyl sites for hydroxylation is 2. The number of rotatable bonds is 5. The van der Waals surface area contributed by atoms with Crippen molar-refractivity contribution >= 4 is 34.3 Å². The zero-order valence-electron chi connectivity index (χ0n) is 18.1. The lowest BCUT2D eigenvalue weighted by Crippen LogP contribution is -2.38. The summed E-state index contributed by atoms with van der Waals surface area (Å²) in [7, 11) is 0. The predicted molar refractivity (Wildman–Crippen MR) is 136 cm³/mol. The molecule has 0 aliphatic rings. The maximum Gasteiger partial charge on any atom is 0.288 e. The van der Waals surface area contributed by atoms with Crippen molar-refractivity contribution < 1.29 is 9.67 Å². The number of aliphatic hydroxyl groups is 1. The second-order valence-electron chi connectivity index (χ2n) is 7.64. The molecule has 0 aliphatic carbocycles. The van der Waals surface area contributed by atoms with Crippen LogP contribution in [0.3, 0.4) is 0 Å². The number of benzene rings is 3. The number of para-hydroxylation sites is 1. The Hall–Kier alpha value is -3.76. The highest BCUT2D eigenvalue weighted by Crippen LogP contribution is 2.25. The first-order valence-corrected chi connectivity index (χ1v) is 10.9. The highest BCUT2D eigenvalue weighted by atomic mass is 32.1. The van der Waals surface area contributed by atoms with E-state index < -0.39 is 0 Å². The molecule has 1 aromatic heterocycles. The molecule has 0 saturated heterocycles. The van der Waals surface area contributed by atoms with E-state index in [4.69, 9.17) is 12.2 Å². The first kappa shape index (κ1) is 21.5. The Morgan fingerprint density at radius 2 is 1.28 bits per heavy atom. The molecule has 2 N–H and O–H groups in total. The van der Waals surface area contributed by atoms with Crippen molar-refractivity contribution in [3.63, 3.8) is 0 Å². The molecule has 0 spiro atoms. The van der Waals surface area contributed by atoms with Gasteiger partial charge in [0.25, 0.3) is 5.70 Å². The molecule has 3 nitrogen and oxygen atoms in total. The van der Waals surface area contributed by atoms with Gasteiger partial charge in [0.2, 0.25) is 0 Å². The maximum absolute atomic E-state index is 11.3.